The number of aromatic nitrogens is 2. The molecule has 0 radical (unpaired) electrons. The fourth-order valence-electron chi connectivity index (χ4n) is 3.98. The summed E-state index contributed by atoms with van der Waals surface area (Å²) in [5.74, 6) is 1.15. The fourth-order valence-corrected chi connectivity index (χ4v) is 3.98. The molecule has 6 nitrogen and oxygen atoms in total. The van der Waals surface area contributed by atoms with Crippen LogP contribution in [0.5, 0.6) is 0 Å². The Bertz CT molecular complexity index is 1240. The van der Waals surface area contributed by atoms with Gasteiger partial charge in [0, 0.05) is 30.0 Å². The molecule has 0 unspecified atom stereocenters. The minimum absolute atomic E-state index is 0.545. The van der Waals surface area contributed by atoms with Gasteiger partial charge in [0.25, 0.3) is 5.96 Å². The summed E-state index contributed by atoms with van der Waals surface area (Å²) in [7, 11) is 0. The van der Waals surface area contributed by atoms with Crippen molar-refractivity contribution in [3.05, 3.63) is 76.6 Å². The number of hydrogen-bond donors (Lipinski definition) is 0. The zero-order chi connectivity index (χ0) is 22.8. The largest absolute Gasteiger partial charge is 0.372 e. The summed E-state index contributed by atoms with van der Waals surface area (Å²) in [6, 6.07) is 16.7. The van der Waals surface area contributed by atoms with Crippen LogP contribution >= 0.6 is 0 Å². The molecule has 3 aromatic rings. The van der Waals surface area contributed by atoms with Crippen LogP contribution in [0.1, 0.15) is 41.9 Å². The first-order valence-electron chi connectivity index (χ1n) is 11.1. The third-order valence-corrected chi connectivity index (χ3v) is 5.66. The lowest BCUT2D eigenvalue weighted by Crippen LogP contribution is -2.21. The molecule has 0 bridgehead atoms. The molecule has 1 aliphatic heterocycles. The van der Waals surface area contributed by atoms with E-state index in [9.17, 15) is 0 Å². The van der Waals surface area contributed by atoms with Crippen molar-refractivity contribution >= 4 is 28.9 Å². The third kappa shape index (κ3) is 4.26. The summed E-state index contributed by atoms with van der Waals surface area (Å²) in [6.45, 7) is 14.5. The van der Waals surface area contributed by atoms with E-state index in [0.29, 0.717) is 11.8 Å². The van der Waals surface area contributed by atoms with E-state index < -0.39 is 0 Å². The van der Waals surface area contributed by atoms with Crippen molar-refractivity contribution in [2.75, 3.05) is 18.0 Å². The lowest BCUT2D eigenvalue weighted by Gasteiger charge is -2.21. The monoisotopic (exact) mass is 426 g/mol. The fraction of sp³-hybridized carbons (Fsp3) is 0.308. The Morgan fingerprint density at radius 2 is 1.69 bits per heavy atom. The maximum absolute atomic E-state index is 4.95. The summed E-state index contributed by atoms with van der Waals surface area (Å²) in [5.41, 5.74) is 8.09. The molecule has 0 amide bonds. The van der Waals surface area contributed by atoms with Crippen LogP contribution < -0.4 is 4.90 Å². The smallest absolute Gasteiger partial charge is 0.253 e. The van der Waals surface area contributed by atoms with Crippen molar-refractivity contribution in [2.24, 2.45) is 15.0 Å². The number of aryl methyl sites for hydroxylation is 4. The van der Waals surface area contributed by atoms with Gasteiger partial charge in [-0.25, -0.2) is 14.7 Å². The Balaban J connectivity index is 1.80. The molecule has 1 aromatic heterocycles. The van der Waals surface area contributed by atoms with Crippen LogP contribution in [0.4, 0.5) is 11.4 Å². The maximum atomic E-state index is 4.95. The molecule has 0 saturated heterocycles. The van der Waals surface area contributed by atoms with E-state index in [0.717, 1.165) is 47.0 Å². The van der Waals surface area contributed by atoms with E-state index in [4.69, 9.17) is 15.0 Å². The molecule has 164 valence electrons. The van der Waals surface area contributed by atoms with Gasteiger partial charge in [-0.15, -0.1) is 0 Å². The van der Waals surface area contributed by atoms with Crippen LogP contribution in [0.25, 0.3) is 0 Å². The van der Waals surface area contributed by atoms with Crippen molar-refractivity contribution in [2.45, 2.75) is 41.5 Å². The molecular formula is C26H30N6. The lowest BCUT2D eigenvalue weighted by molar-refractivity contribution is 0.865. The number of nitrogens with zero attached hydrogens (tertiary/aromatic N) is 6. The van der Waals surface area contributed by atoms with Crippen molar-refractivity contribution in [1.82, 2.24) is 9.78 Å². The Kier molecular flexibility index (Phi) is 6.04. The number of rotatable bonds is 5. The van der Waals surface area contributed by atoms with Crippen molar-refractivity contribution < 1.29 is 0 Å². The quantitative estimate of drug-likeness (QED) is 0.548. The van der Waals surface area contributed by atoms with Gasteiger partial charge in [-0.3, -0.25) is 0 Å². The number of anilines is 1. The normalized spacial score (nSPS) is 14.6. The third-order valence-electron chi connectivity index (χ3n) is 5.66. The highest BCUT2D eigenvalue weighted by Crippen LogP contribution is 2.26. The molecule has 6 heteroatoms. The predicted octanol–water partition coefficient (Wildman–Crippen LogP) is 5.40. The molecule has 0 fully saturated rings. The summed E-state index contributed by atoms with van der Waals surface area (Å²) < 4.78 is 1.78. The maximum Gasteiger partial charge on any atom is 0.253 e. The van der Waals surface area contributed by atoms with Gasteiger partial charge < -0.3 is 4.90 Å². The van der Waals surface area contributed by atoms with Gasteiger partial charge in [0.1, 0.15) is 5.71 Å². The summed E-state index contributed by atoms with van der Waals surface area (Å²) in [6.07, 6.45) is 0. The minimum atomic E-state index is 0.545. The molecule has 0 N–H and O–H groups in total. The van der Waals surface area contributed by atoms with Crippen molar-refractivity contribution in [3.8, 4) is 0 Å². The SMILES string of the molecule is CCN(CC)c1ccc(N=C2N=C(n3nc(C)cc3C)N=C2c2cccc(C)c2)c(C)c1. The molecule has 4 rings (SSSR count). The number of hydrogen-bond acceptors (Lipinski definition) is 4. The second-order valence-corrected chi connectivity index (χ2v) is 8.16. The Hall–Kier alpha value is -3.54. The van der Waals surface area contributed by atoms with Crippen LogP contribution in [0, 0.1) is 27.7 Å². The van der Waals surface area contributed by atoms with Gasteiger partial charge in [0.2, 0.25) is 0 Å². The topological polar surface area (TPSA) is 58.1 Å². The summed E-state index contributed by atoms with van der Waals surface area (Å²) >= 11 is 0. The first kappa shape index (κ1) is 21.7. The zero-order valence-electron chi connectivity index (χ0n) is 19.7. The number of aliphatic imine (C=N–C) groups is 3. The Morgan fingerprint density at radius 3 is 2.31 bits per heavy atom. The van der Waals surface area contributed by atoms with Crippen molar-refractivity contribution in [1.29, 1.82) is 0 Å². The molecule has 0 aliphatic carbocycles. The highest BCUT2D eigenvalue weighted by molar-refractivity contribution is 6.53. The average molecular weight is 427 g/mol. The van der Waals surface area contributed by atoms with Crippen LogP contribution in [0.15, 0.2) is 63.5 Å². The van der Waals surface area contributed by atoms with Crippen LogP contribution in [-0.4, -0.2) is 40.4 Å². The number of amidine groups is 1. The Labute approximate surface area is 190 Å². The molecular weight excluding hydrogens is 396 g/mol. The highest BCUT2D eigenvalue weighted by Gasteiger charge is 2.23. The molecule has 1 aliphatic rings. The first-order valence-corrected chi connectivity index (χ1v) is 11.1. The van der Waals surface area contributed by atoms with Gasteiger partial charge in [-0.2, -0.15) is 10.1 Å². The first-order chi connectivity index (χ1) is 15.4. The molecule has 2 aromatic carbocycles. The highest BCUT2D eigenvalue weighted by atomic mass is 15.4. The van der Waals surface area contributed by atoms with Crippen LogP contribution in [0.2, 0.25) is 0 Å². The van der Waals surface area contributed by atoms with Crippen LogP contribution in [0.3, 0.4) is 0 Å². The van der Waals surface area contributed by atoms with Gasteiger partial charge in [0.05, 0.1) is 11.4 Å². The van der Waals surface area contributed by atoms with E-state index >= 15 is 0 Å². The van der Waals surface area contributed by atoms with E-state index in [1.54, 1.807) is 4.68 Å². The van der Waals surface area contributed by atoms with E-state index in [1.165, 1.54) is 11.3 Å². The molecule has 2 heterocycles. The van der Waals surface area contributed by atoms with E-state index in [-0.39, 0.29) is 0 Å². The van der Waals surface area contributed by atoms with Gasteiger partial charge in [-0.1, -0.05) is 23.8 Å². The minimum Gasteiger partial charge on any atom is -0.372 e. The Morgan fingerprint density at radius 1 is 0.906 bits per heavy atom. The van der Waals surface area contributed by atoms with Gasteiger partial charge >= 0.3 is 0 Å². The molecule has 0 atom stereocenters. The summed E-state index contributed by atoms with van der Waals surface area (Å²) in [4.78, 5) is 16.9. The standard InChI is InChI=1S/C26H30N6/c1-7-31(8-2)22-12-13-23(18(4)15-22)27-25-24(21-11-9-10-17(3)14-21)28-26(29-25)32-20(6)16-19(5)30-32/h9-16H,7-8H2,1-6H3. The second-order valence-electron chi connectivity index (χ2n) is 8.16. The lowest BCUT2D eigenvalue weighted by atomic mass is 10.1. The average Bonchev–Trinajstić information content (AvgIpc) is 3.33. The predicted molar refractivity (Wildman–Crippen MR) is 134 cm³/mol. The van der Waals surface area contributed by atoms with Gasteiger partial charge in [0.15, 0.2) is 5.84 Å². The van der Waals surface area contributed by atoms with Gasteiger partial charge in [-0.05, 0) is 77.4 Å². The second kappa shape index (κ2) is 8.91. The molecule has 0 spiro atoms. The van der Waals surface area contributed by atoms with E-state index in [2.05, 4.69) is 74.1 Å². The summed E-state index contributed by atoms with van der Waals surface area (Å²) in [5, 5.41) is 4.56. The molecule has 0 saturated carbocycles. The zero-order valence-corrected chi connectivity index (χ0v) is 19.7. The molecule has 32 heavy (non-hydrogen) atoms. The number of benzene rings is 2. The van der Waals surface area contributed by atoms with Crippen molar-refractivity contribution in [3.63, 3.8) is 0 Å². The van der Waals surface area contributed by atoms with E-state index in [1.807, 2.05) is 26.0 Å². The van der Waals surface area contributed by atoms with Crippen LogP contribution in [-0.2, 0) is 0 Å².